The third-order valence-corrected chi connectivity index (χ3v) is 3.09. The number of halogens is 3. The van der Waals surface area contributed by atoms with Crippen molar-refractivity contribution >= 4 is 15.9 Å². The molecule has 1 heterocycles. The molecule has 0 spiro atoms. The van der Waals surface area contributed by atoms with Gasteiger partial charge in [-0.3, -0.25) is 0 Å². The lowest BCUT2D eigenvalue weighted by atomic mass is 10.0. The van der Waals surface area contributed by atoms with E-state index in [9.17, 15) is 8.78 Å². The first kappa shape index (κ1) is 12.3. The summed E-state index contributed by atoms with van der Waals surface area (Å²) in [5.74, 6) is -0.421. The fourth-order valence-electron chi connectivity index (χ4n) is 1.58. The summed E-state index contributed by atoms with van der Waals surface area (Å²) >= 11 is 2.92. The highest BCUT2D eigenvalue weighted by atomic mass is 79.9. The van der Waals surface area contributed by atoms with E-state index >= 15 is 0 Å². The molecule has 0 amide bonds. The van der Waals surface area contributed by atoms with Crippen LogP contribution in [0.1, 0.15) is 22.9 Å². The molecule has 0 bridgehead atoms. The Morgan fingerprint density at radius 3 is 2.53 bits per heavy atom. The first-order chi connectivity index (χ1) is 7.99. The van der Waals surface area contributed by atoms with Gasteiger partial charge < -0.3 is 10.2 Å². The number of hydrogen-bond donors (Lipinski definition) is 1. The lowest BCUT2D eigenvalue weighted by Gasteiger charge is -2.11. The molecule has 1 atom stereocenters. The van der Waals surface area contributed by atoms with Crippen molar-refractivity contribution < 1.29 is 13.2 Å². The minimum atomic E-state index is -0.741. The topological polar surface area (TPSA) is 39.2 Å². The van der Waals surface area contributed by atoms with Gasteiger partial charge in [-0.1, -0.05) is 0 Å². The third-order valence-electron chi connectivity index (χ3n) is 2.48. The van der Waals surface area contributed by atoms with E-state index in [1.54, 1.807) is 13.0 Å². The quantitative estimate of drug-likeness (QED) is 0.860. The van der Waals surface area contributed by atoms with Crippen molar-refractivity contribution in [3.8, 4) is 0 Å². The molecule has 2 aromatic rings. The molecule has 17 heavy (non-hydrogen) atoms. The van der Waals surface area contributed by atoms with Crippen molar-refractivity contribution in [3.63, 3.8) is 0 Å². The molecule has 2 rings (SSSR count). The van der Waals surface area contributed by atoms with E-state index in [0.29, 0.717) is 11.3 Å². The molecule has 1 unspecified atom stereocenters. The van der Waals surface area contributed by atoms with Gasteiger partial charge in [0, 0.05) is 11.1 Å². The van der Waals surface area contributed by atoms with Crippen LogP contribution in [0.4, 0.5) is 8.78 Å². The van der Waals surface area contributed by atoms with Crippen LogP contribution in [0.15, 0.2) is 33.4 Å². The normalized spacial score (nSPS) is 12.8. The van der Waals surface area contributed by atoms with E-state index in [1.807, 2.05) is 0 Å². The van der Waals surface area contributed by atoms with Gasteiger partial charge in [-0.15, -0.1) is 0 Å². The van der Waals surface area contributed by atoms with Crippen molar-refractivity contribution in [2.75, 3.05) is 0 Å². The minimum absolute atomic E-state index is 0.0781. The lowest BCUT2D eigenvalue weighted by molar-refractivity contribution is 0.528. The predicted molar refractivity (Wildman–Crippen MR) is 63.5 cm³/mol. The fraction of sp³-hybridized carbons (Fsp3) is 0.167. The largest absolute Gasteiger partial charge is 0.469 e. The summed E-state index contributed by atoms with van der Waals surface area (Å²) in [6.45, 7) is 1.76. The Labute approximate surface area is 106 Å². The molecule has 0 saturated carbocycles. The molecule has 0 aliphatic carbocycles. The third kappa shape index (κ3) is 2.40. The second-order valence-electron chi connectivity index (χ2n) is 3.76. The number of benzene rings is 1. The Bertz CT molecular complexity index is 553. The molecule has 90 valence electrons. The van der Waals surface area contributed by atoms with E-state index in [4.69, 9.17) is 10.2 Å². The first-order valence-corrected chi connectivity index (χ1v) is 5.73. The highest BCUT2D eigenvalue weighted by Gasteiger charge is 2.17. The van der Waals surface area contributed by atoms with Crippen LogP contribution in [0.25, 0.3) is 0 Å². The van der Waals surface area contributed by atoms with Gasteiger partial charge in [0.1, 0.15) is 17.4 Å². The van der Waals surface area contributed by atoms with Crippen LogP contribution in [0.2, 0.25) is 0 Å². The van der Waals surface area contributed by atoms with Crippen LogP contribution < -0.4 is 5.73 Å². The smallest absolute Gasteiger partial charge is 0.137 e. The number of aryl methyl sites for hydroxylation is 1. The molecule has 0 fully saturated rings. The van der Waals surface area contributed by atoms with Crippen molar-refractivity contribution in [1.82, 2.24) is 0 Å². The Hall–Kier alpha value is -1.20. The van der Waals surface area contributed by atoms with Crippen LogP contribution in [-0.2, 0) is 0 Å². The van der Waals surface area contributed by atoms with Crippen LogP contribution in [0, 0.1) is 18.6 Å². The van der Waals surface area contributed by atoms with Gasteiger partial charge >= 0.3 is 0 Å². The van der Waals surface area contributed by atoms with Gasteiger partial charge in [-0.25, -0.2) is 8.78 Å². The summed E-state index contributed by atoms with van der Waals surface area (Å²) in [7, 11) is 0. The minimum Gasteiger partial charge on any atom is -0.469 e. The van der Waals surface area contributed by atoms with Crippen LogP contribution >= 0.6 is 15.9 Å². The summed E-state index contributed by atoms with van der Waals surface area (Å²) in [6, 6.07) is 3.11. The maximum absolute atomic E-state index is 13.7. The van der Waals surface area contributed by atoms with Crippen LogP contribution in [0.3, 0.4) is 0 Å². The molecule has 1 aromatic heterocycles. The van der Waals surface area contributed by atoms with Gasteiger partial charge in [0.05, 0.1) is 16.8 Å². The molecule has 0 aliphatic heterocycles. The number of rotatable bonds is 2. The molecule has 2 N–H and O–H groups in total. The Balaban J connectivity index is 2.43. The van der Waals surface area contributed by atoms with Gasteiger partial charge in [0.2, 0.25) is 0 Å². The molecular formula is C12H10BrF2NO. The monoisotopic (exact) mass is 301 g/mol. The molecule has 2 nitrogen and oxygen atoms in total. The average molecular weight is 302 g/mol. The average Bonchev–Trinajstić information content (AvgIpc) is 2.69. The van der Waals surface area contributed by atoms with Gasteiger partial charge in [-0.2, -0.15) is 0 Å². The summed E-state index contributed by atoms with van der Waals surface area (Å²) in [5.41, 5.74) is 6.58. The summed E-state index contributed by atoms with van der Waals surface area (Å²) in [5, 5.41) is 0. The maximum atomic E-state index is 13.7. The first-order valence-electron chi connectivity index (χ1n) is 4.94. The van der Waals surface area contributed by atoms with Crippen molar-refractivity contribution in [2.24, 2.45) is 5.73 Å². The lowest BCUT2D eigenvalue weighted by Crippen LogP contribution is -2.13. The Morgan fingerprint density at radius 2 is 1.94 bits per heavy atom. The predicted octanol–water partition coefficient (Wildman–Crippen LogP) is 3.68. The summed E-state index contributed by atoms with van der Waals surface area (Å²) < 4.78 is 32.2. The number of furan rings is 1. The maximum Gasteiger partial charge on any atom is 0.137 e. The zero-order chi connectivity index (χ0) is 12.6. The SMILES string of the molecule is Cc1cc(C(N)c2cc(F)c(Br)cc2F)co1. The zero-order valence-corrected chi connectivity index (χ0v) is 10.6. The van der Waals surface area contributed by atoms with E-state index in [1.165, 1.54) is 6.26 Å². The van der Waals surface area contributed by atoms with Crippen LogP contribution in [-0.4, -0.2) is 0 Å². The van der Waals surface area contributed by atoms with E-state index in [2.05, 4.69) is 15.9 Å². The second kappa shape index (κ2) is 4.58. The number of nitrogens with two attached hydrogens (primary N) is 1. The summed E-state index contributed by atoms with van der Waals surface area (Å²) in [4.78, 5) is 0. The Morgan fingerprint density at radius 1 is 1.24 bits per heavy atom. The van der Waals surface area contributed by atoms with E-state index in [-0.39, 0.29) is 10.0 Å². The van der Waals surface area contributed by atoms with Crippen molar-refractivity contribution in [1.29, 1.82) is 0 Å². The molecular weight excluding hydrogens is 292 g/mol. The molecule has 0 aliphatic rings. The van der Waals surface area contributed by atoms with E-state index in [0.717, 1.165) is 12.1 Å². The molecule has 1 aromatic carbocycles. The fourth-order valence-corrected chi connectivity index (χ4v) is 1.90. The van der Waals surface area contributed by atoms with Gasteiger partial charge in [0.15, 0.2) is 0 Å². The molecule has 5 heteroatoms. The zero-order valence-electron chi connectivity index (χ0n) is 9.01. The number of hydrogen-bond acceptors (Lipinski definition) is 2. The second-order valence-corrected chi connectivity index (χ2v) is 4.61. The van der Waals surface area contributed by atoms with Crippen molar-refractivity contribution in [2.45, 2.75) is 13.0 Å². The summed E-state index contributed by atoms with van der Waals surface area (Å²) in [6.07, 6.45) is 1.44. The Kier molecular flexibility index (Phi) is 3.31. The molecule has 0 radical (unpaired) electrons. The standard InChI is InChI=1S/C12H10BrF2NO/c1-6-2-7(5-17-6)12(16)8-3-11(15)9(13)4-10(8)14/h2-5,12H,16H2,1H3. The van der Waals surface area contributed by atoms with Gasteiger partial charge in [-0.05, 0) is 41.1 Å². The van der Waals surface area contributed by atoms with E-state index < -0.39 is 17.7 Å². The highest BCUT2D eigenvalue weighted by Crippen LogP contribution is 2.27. The molecule has 0 saturated heterocycles. The van der Waals surface area contributed by atoms with Crippen LogP contribution in [0.5, 0.6) is 0 Å². The van der Waals surface area contributed by atoms with Gasteiger partial charge in [0.25, 0.3) is 0 Å². The highest BCUT2D eigenvalue weighted by molar-refractivity contribution is 9.10. The van der Waals surface area contributed by atoms with Crippen molar-refractivity contribution in [3.05, 3.63) is 57.5 Å².